The number of rotatable bonds is 1. The number of benzene rings is 3. The van der Waals surface area contributed by atoms with Crippen LogP contribution < -0.4 is 0 Å². The first-order valence-corrected chi connectivity index (χ1v) is 6.76. The van der Waals surface area contributed by atoms with Gasteiger partial charge in [-0.25, -0.2) is 0 Å². The second-order valence-electron chi connectivity index (χ2n) is 4.32. The van der Waals surface area contributed by atoms with Gasteiger partial charge < -0.3 is 0 Å². The van der Waals surface area contributed by atoms with Crippen molar-refractivity contribution >= 4 is 26.7 Å². The Bertz CT molecular complexity index is 782. The molecule has 0 atom stereocenters. The fourth-order valence-corrected chi connectivity index (χ4v) is 2.54. The number of hydrogen-bond acceptors (Lipinski definition) is 1. The van der Waals surface area contributed by atoms with Crippen LogP contribution >= 0.6 is 15.9 Å². The molecule has 0 bridgehead atoms. The SMILES string of the molecule is N#Cc1ccc(-c2ccc(Br)cc2)c2ccccc12. The molecule has 0 spiro atoms. The van der Waals surface area contributed by atoms with Crippen LogP contribution in [0.5, 0.6) is 0 Å². The van der Waals surface area contributed by atoms with Gasteiger partial charge in [-0.1, -0.05) is 58.4 Å². The molecule has 0 aliphatic carbocycles. The van der Waals surface area contributed by atoms with E-state index in [-0.39, 0.29) is 0 Å². The maximum Gasteiger partial charge on any atom is 0.0998 e. The predicted molar refractivity (Wildman–Crippen MR) is 81.8 cm³/mol. The topological polar surface area (TPSA) is 23.8 Å². The van der Waals surface area contributed by atoms with Gasteiger partial charge in [0.2, 0.25) is 0 Å². The van der Waals surface area contributed by atoms with Gasteiger partial charge in [0, 0.05) is 9.86 Å². The lowest BCUT2D eigenvalue weighted by Gasteiger charge is -2.08. The quantitative estimate of drug-likeness (QED) is 0.610. The van der Waals surface area contributed by atoms with E-state index in [1.807, 2.05) is 42.5 Å². The van der Waals surface area contributed by atoms with Crippen molar-refractivity contribution in [3.8, 4) is 17.2 Å². The molecule has 2 heteroatoms. The maximum atomic E-state index is 9.18. The van der Waals surface area contributed by atoms with E-state index in [4.69, 9.17) is 0 Å². The summed E-state index contributed by atoms with van der Waals surface area (Å²) in [7, 11) is 0. The third-order valence-electron chi connectivity index (χ3n) is 3.20. The summed E-state index contributed by atoms with van der Waals surface area (Å²) in [5.74, 6) is 0. The van der Waals surface area contributed by atoms with Gasteiger partial charge in [0.25, 0.3) is 0 Å². The molecular formula is C17H10BrN. The number of hydrogen-bond donors (Lipinski definition) is 0. The first-order chi connectivity index (χ1) is 9.29. The first-order valence-electron chi connectivity index (χ1n) is 5.97. The van der Waals surface area contributed by atoms with Crippen molar-refractivity contribution in [2.75, 3.05) is 0 Å². The smallest absolute Gasteiger partial charge is 0.0998 e. The van der Waals surface area contributed by atoms with Crippen LogP contribution in [0.4, 0.5) is 0 Å². The summed E-state index contributed by atoms with van der Waals surface area (Å²) < 4.78 is 1.06. The summed E-state index contributed by atoms with van der Waals surface area (Å²) in [6.45, 7) is 0. The van der Waals surface area contributed by atoms with Crippen molar-refractivity contribution in [1.82, 2.24) is 0 Å². The summed E-state index contributed by atoms with van der Waals surface area (Å²) in [6, 6.07) is 22.4. The Kier molecular flexibility index (Phi) is 3.06. The Labute approximate surface area is 120 Å². The molecule has 0 heterocycles. The molecule has 0 N–H and O–H groups in total. The molecule has 90 valence electrons. The number of nitriles is 1. The molecule has 3 aromatic rings. The maximum absolute atomic E-state index is 9.18. The van der Waals surface area contributed by atoms with E-state index in [1.54, 1.807) is 0 Å². The van der Waals surface area contributed by atoms with Crippen molar-refractivity contribution in [3.63, 3.8) is 0 Å². The van der Waals surface area contributed by atoms with E-state index in [0.717, 1.165) is 31.9 Å². The number of nitrogens with zero attached hydrogens (tertiary/aromatic N) is 1. The highest BCUT2D eigenvalue weighted by molar-refractivity contribution is 9.10. The molecule has 0 saturated carbocycles. The fraction of sp³-hybridized carbons (Fsp3) is 0. The Balaban J connectivity index is 2.31. The molecule has 0 radical (unpaired) electrons. The summed E-state index contributed by atoms with van der Waals surface area (Å²) in [6.07, 6.45) is 0. The van der Waals surface area contributed by atoms with Crippen LogP contribution in [-0.4, -0.2) is 0 Å². The minimum Gasteiger partial charge on any atom is -0.192 e. The van der Waals surface area contributed by atoms with E-state index in [1.165, 1.54) is 0 Å². The van der Waals surface area contributed by atoms with E-state index in [9.17, 15) is 5.26 Å². The van der Waals surface area contributed by atoms with Gasteiger partial charge >= 0.3 is 0 Å². The Morgan fingerprint density at radius 1 is 0.789 bits per heavy atom. The van der Waals surface area contributed by atoms with Gasteiger partial charge in [0.15, 0.2) is 0 Å². The van der Waals surface area contributed by atoms with Crippen molar-refractivity contribution in [1.29, 1.82) is 5.26 Å². The van der Waals surface area contributed by atoms with Gasteiger partial charge in [-0.2, -0.15) is 5.26 Å². The largest absolute Gasteiger partial charge is 0.192 e. The molecule has 0 aliphatic rings. The van der Waals surface area contributed by atoms with Gasteiger partial charge in [0.05, 0.1) is 11.6 Å². The van der Waals surface area contributed by atoms with Crippen LogP contribution in [0.25, 0.3) is 21.9 Å². The van der Waals surface area contributed by atoms with Crippen molar-refractivity contribution in [2.24, 2.45) is 0 Å². The van der Waals surface area contributed by atoms with Crippen LogP contribution in [-0.2, 0) is 0 Å². The highest BCUT2D eigenvalue weighted by Gasteiger charge is 2.06. The lowest BCUT2D eigenvalue weighted by molar-refractivity contribution is 1.50. The number of halogens is 1. The van der Waals surface area contributed by atoms with E-state index >= 15 is 0 Å². The van der Waals surface area contributed by atoms with Crippen LogP contribution in [0.15, 0.2) is 65.1 Å². The molecule has 0 aliphatic heterocycles. The minimum atomic E-state index is 0.719. The zero-order valence-corrected chi connectivity index (χ0v) is 11.7. The summed E-state index contributed by atoms with van der Waals surface area (Å²) >= 11 is 3.45. The van der Waals surface area contributed by atoms with Crippen molar-refractivity contribution < 1.29 is 0 Å². The van der Waals surface area contributed by atoms with E-state index < -0.39 is 0 Å². The molecular weight excluding hydrogens is 298 g/mol. The normalized spacial score (nSPS) is 10.3. The number of fused-ring (bicyclic) bond motifs is 1. The molecule has 19 heavy (non-hydrogen) atoms. The zero-order chi connectivity index (χ0) is 13.2. The third-order valence-corrected chi connectivity index (χ3v) is 3.73. The summed E-state index contributed by atoms with van der Waals surface area (Å²) in [4.78, 5) is 0. The average molecular weight is 308 g/mol. The summed E-state index contributed by atoms with van der Waals surface area (Å²) in [5, 5.41) is 11.3. The minimum absolute atomic E-state index is 0.719. The average Bonchev–Trinajstić information content (AvgIpc) is 2.47. The second-order valence-corrected chi connectivity index (χ2v) is 5.24. The van der Waals surface area contributed by atoms with Crippen LogP contribution in [0.2, 0.25) is 0 Å². The fourth-order valence-electron chi connectivity index (χ4n) is 2.28. The molecule has 3 rings (SSSR count). The Hall–Kier alpha value is -2.11. The van der Waals surface area contributed by atoms with Gasteiger partial charge in [-0.05, 0) is 34.7 Å². The molecule has 0 amide bonds. The van der Waals surface area contributed by atoms with Crippen molar-refractivity contribution in [3.05, 3.63) is 70.7 Å². The summed E-state index contributed by atoms with van der Waals surface area (Å²) in [5.41, 5.74) is 3.03. The van der Waals surface area contributed by atoms with E-state index in [0.29, 0.717) is 0 Å². The van der Waals surface area contributed by atoms with Crippen LogP contribution in [0.3, 0.4) is 0 Å². The monoisotopic (exact) mass is 307 g/mol. The Morgan fingerprint density at radius 3 is 2.16 bits per heavy atom. The van der Waals surface area contributed by atoms with E-state index in [2.05, 4.69) is 40.2 Å². The van der Waals surface area contributed by atoms with Gasteiger partial charge in [-0.15, -0.1) is 0 Å². The molecule has 0 fully saturated rings. The molecule has 1 nitrogen and oxygen atoms in total. The first kappa shape index (κ1) is 12.0. The highest BCUT2D eigenvalue weighted by atomic mass is 79.9. The van der Waals surface area contributed by atoms with Gasteiger partial charge in [-0.3, -0.25) is 0 Å². The molecule has 0 saturated heterocycles. The predicted octanol–water partition coefficient (Wildman–Crippen LogP) is 5.14. The van der Waals surface area contributed by atoms with Crippen LogP contribution in [0.1, 0.15) is 5.56 Å². The second kappa shape index (κ2) is 4.87. The van der Waals surface area contributed by atoms with Crippen LogP contribution in [0, 0.1) is 11.3 Å². The van der Waals surface area contributed by atoms with Crippen molar-refractivity contribution in [2.45, 2.75) is 0 Å². The highest BCUT2D eigenvalue weighted by Crippen LogP contribution is 2.31. The molecule has 0 unspecified atom stereocenters. The lowest BCUT2D eigenvalue weighted by Crippen LogP contribution is -1.85. The molecule has 0 aromatic heterocycles. The van der Waals surface area contributed by atoms with Gasteiger partial charge in [0.1, 0.15) is 0 Å². The molecule has 3 aromatic carbocycles. The zero-order valence-electron chi connectivity index (χ0n) is 10.1. The standard InChI is InChI=1S/C17H10BrN/c18-14-8-5-12(6-9-14)16-10-7-13(11-19)15-3-1-2-4-17(15)16/h1-10H. The third kappa shape index (κ3) is 2.14. The Morgan fingerprint density at radius 2 is 1.47 bits per heavy atom. The lowest BCUT2D eigenvalue weighted by atomic mass is 9.95.